The Bertz CT molecular complexity index is 882. The van der Waals surface area contributed by atoms with Crippen LogP contribution in [-0.2, 0) is 6.42 Å². The summed E-state index contributed by atoms with van der Waals surface area (Å²) in [5.74, 6) is -0.941. The molecule has 4 nitrogen and oxygen atoms in total. The summed E-state index contributed by atoms with van der Waals surface area (Å²) in [6.45, 7) is 0.726. The lowest BCUT2D eigenvalue weighted by atomic mass is 10.1. The fraction of sp³-hybridized carbons (Fsp3) is 0.100. The summed E-state index contributed by atoms with van der Waals surface area (Å²) >= 11 is 5.86. The Morgan fingerprint density at radius 2 is 1.81 bits per heavy atom. The normalized spacial score (nSPS) is 10.4. The van der Waals surface area contributed by atoms with E-state index in [-0.39, 0.29) is 11.4 Å². The van der Waals surface area contributed by atoms with E-state index in [1.807, 2.05) is 24.3 Å². The van der Waals surface area contributed by atoms with Gasteiger partial charge in [-0.3, -0.25) is 4.79 Å². The van der Waals surface area contributed by atoms with Crippen LogP contribution >= 0.6 is 11.6 Å². The Balaban J connectivity index is 1.53. The topological polar surface area (TPSA) is 54.0 Å². The van der Waals surface area contributed by atoms with Crippen molar-refractivity contribution >= 4 is 28.9 Å². The first-order chi connectivity index (χ1) is 12.6. The van der Waals surface area contributed by atoms with Gasteiger partial charge in [0.2, 0.25) is 0 Å². The molecule has 0 spiro atoms. The van der Waals surface area contributed by atoms with Crippen molar-refractivity contribution in [2.45, 2.75) is 6.42 Å². The summed E-state index contributed by atoms with van der Waals surface area (Å²) in [6, 6.07) is 17.1. The van der Waals surface area contributed by atoms with E-state index in [1.54, 1.807) is 30.5 Å². The minimum absolute atomic E-state index is 0.129. The van der Waals surface area contributed by atoms with Crippen LogP contribution in [0.25, 0.3) is 0 Å². The number of rotatable bonds is 6. The van der Waals surface area contributed by atoms with Crippen molar-refractivity contribution in [2.75, 3.05) is 17.2 Å². The average molecular weight is 370 g/mol. The van der Waals surface area contributed by atoms with Crippen molar-refractivity contribution in [1.29, 1.82) is 0 Å². The van der Waals surface area contributed by atoms with Crippen LogP contribution in [0.2, 0.25) is 5.02 Å². The number of hydrogen-bond acceptors (Lipinski definition) is 3. The first kappa shape index (κ1) is 17.9. The van der Waals surface area contributed by atoms with Crippen molar-refractivity contribution in [3.63, 3.8) is 0 Å². The van der Waals surface area contributed by atoms with E-state index in [9.17, 15) is 9.18 Å². The molecule has 1 aromatic heterocycles. The first-order valence-electron chi connectivity index (χ1n) is 8.12. The number of hydrogen-bond donors (Lipinski definition) is 2. The third kappa shape index (κ3) is 4.80. The number of para-hydroxylation sites is 1. The van der Waals surface area contributed by atoms with Gasteiger partial charge < -0.3 is 10.6 Å². The smallest absolute Gasteiger partial charge is 0.274 e. The fourth-order valence-electron chi connectivity index (χ4n) is 2.38. The van der Waals surface area contributed by atoms with Gasteiger partial charge in [-0.05, 0) is 48.4 Å². The van der Waals surface area contributed by atoms with Crippen LogP contribution < -0.4 is 10.6 Å². The van der Waals surface area contributed by atoms with Gasteiger partial charge in [-0.25, -0.2) is 9.37 Å². The molecular weight excluding hydrogens is 353 g/mol. The summed E-state index contributed by atoms with van der Waals surface area (Å²) in [6.07, 6.45) is 2.42. The number of benzene rings is 2. The highest BCUT2D eigenvalue weighted by molar-refractivity contribution is 6.30. The molecule has 3 rings (SSSR count). The summed E-state index contributed by atoms with van der Waals surface area (Å²) in [5.41, 5.74) is 2.33. The molecule has 2 aromatic carbocycles. The van der Waals surface area contributed by atoms with E-state index >= 15 is 0 Å². The molecule has 1 amide bonds. The lowest BCUT2D eigenvalue weighted by Crippen LogP contribution is -2.14. The first-order valence-corrected chi connectivity index (χ1v) is 8.50. The van der Waals surface area contributed by atoms with Gasteiger partial charge in [-0.2, -0.15) is 0 Å². The van der Waals surface area contributed by atoms with Crippen LogP contribution in [0.3, 0.4) is 0 Å². The summed E-state index contributed by atoms with van der Waals surface area (Å²) < 4.78 is 13.6. The van der Waals surface area contributed by atoms with Crippen LogP contribution in [0.1, 0.15) is 16.1 Å². The van der Waals surface area contributed by atoms with Crippen molar-refractivity contribution in [2.24, 2.45) is 0 Å². The SMILES string of the molecule is O=C(Nc1ccccc1F)c1ccc(NCCc2ccc(Cl)cc2)cn1. The second-order valence-electron chi connectivity index (χ2n) is 5.67. The molecule has 0 saturated carbocycles. The number of anilines is 2. The minimum atomic E-state index is -0.485. The van der Waals surface area contributed by atoms with Gasteiger partial charge >= 0.3 is 0 Å². The maximum absolute atomic E-state index is 13.6. The van der Waals surface area contributed by atoms with Crippen LogP contribution in [-0.4, -0.2) is 17.4 Å². The van der Waals surface area contributed by atoms with E-state index in [2.05, 4.69) is 15.6 Å². The van der Waals surface area contributed by atoms with E-state index in [4.69, 9.17) is 11.6 Å². The molecule has 0 aliphatic carbocycles. The molecule has 26 heavy (non-hydrogen) atoms. The van der Waals surface area contributed by atoms with Crippen LogP contribution in [0.15, 0.2) is 66.9 Å². The fourth-order valence-corrected chi connectivity index (χ4v) is 2.51. The van der Waals surface area contributed by atoms with E-state index in [0.29, 0.717) is 0 Å². The molecule has 3 aromatic rings. The lowest BCUT2D eigenvalue weighted by molar-refractivity contribution is 0.102. The van der Waals surface area contributed by atoms with Gasteiger partial charge in [0.1, 0.15) is 11.5 Å². The molecule has 0 aliphatic heterocycles. The number of pyridine rings is 1. The molecule has 6 heteroatoms. The second-order valence-corrected chi connectivity index (χ2v) is 6.11. The number of amides is 1. The molecule has 132 valence electrons. The Morgan fingerprint density at radius 3 is 2.50 bits per heavy atom. The molecule has 0 radical (unpaired) electrons. The highest BCUT2D eigenvalue weighted by atomic mass is 35.5. The zero-order chi connectivity index (χ0) is 18.4. The van der Waals surface area contributed by atoms with Gasteiger partial charge in [0.05, 0.1) is 17.6 Å². The van der Waals surface area contributed by atoms with Crippen molar-refractivity contribution < 1.29 is 9.18 Å². The predicted molar refractivity (Wildman–Crippen MR) is 102 cm³/mol. The highest BCUT2D eigenvalue weighted by Crippen LogP contribution is 2.14. The van der Waals surface area contributed by atoms with E-state index in [1.165, 1.54) is 17.7 Å². The Hall–Kier alpha value is -2.92. The maximum atomic E-state index is 13.6. The van der Waals surface area contributed by atoms with Crippen molar-refractivity contribution in [1.82, 2.24) is 4.98 Å². The number of carbonyl (C=O) groups excluding carboxylic acids is 1. The minimum Gasteiger partial charge on any atom is -0.383 e. The van der Waals surface area contributed by atoms with Crippen molar-refractivity contribution in [3.05, 3.63) is 89.0 Å². The van der Waals surface area contributed by atoms with Crippen LogP contribution in [0.4, 0.5) is 15.8 Å². The third-order valence-electron chi connectivity index (χ3n) is 3.77. The van der Waals surface area contributed by atoms with Crippen LogP contribution in [0, 0.1) is 5.82 Å². The lowest BCUT2D eigenvalue weighted by Gasteiger charge is -2.08. The van der Waals surface area contributed by atoms with Gasteiger partial charge in [0.25, 0.3) is 5.91 Å². The van der Waals surface area contributed by atoms with Gasteiger partial charge in [0.15, 0.2) is 0 Å². The Morgan fingerprint density at radius 1 is 1.04 bits per heavy atom. The maximum Gasteiger partial charge on any atom is 0.274 e. The van der Waals surface area contributed by atoms with Gasteiger partial charge in [-0.15, -0.1) is 0 Å². The van der Waals surface area contributed by atoms with E-state index in [0.717, 1.165) is 23.7 Å². The molecule has 0 aliphatic rings. The molecule has 0 saturated heterocycles. The number of nitrogens with one attached hydrogen (secondary N) is 2. The third-order valence-corrected chi connectivity index (χ3v) is 4.03. The van der Waals surface area contributed by atoms with E-state index < -0.39 is 11.7 Å². The quantitative estimate of drug-likeness (QED) is 0.657. The predicted octanol–water partition coefficient (Wildman–Crippen LogP) is 4.78. The summed E-state index contributed by atoms with van der Waals surface area (Å²) in [7, 11) is 0. The summed E-state index contributed by atoms with van der Waals surface area (Å²) in [4.78, 5) is 16.3. The largest absolute Gasteiger partial charge is 0.383 e. The zero-order valence-electron chi connectivity index (χ0n) is 13.9. The molecule has 0 bridgehead atoms. The Kier molecular flexibility index (Phi) is 5.81. The van der Waals surface area contributed by atoms with Crippen molar-refractivity contribution in [3.8, 4) is 0 Å². The number of nitrogens with zero attached hydrogens (tertiary/aromatic N) is 1. The standard InChI is InChI=1S/C20H17ClFN3O/c21-15-7-5-14(6-8-15)11-12-23-16-9-10-19(24-13-16)20(26)25-18-4-2-1-3-17(18)22/h1-10,13,23H,11-12H2,(H,25,26). The number of halogens is 2. The van der Waals surface area contributed by atoms with Gasteiger partial charge in [0, 0.05) is 11.6 Å². The molecule has 0 atom stereocenters. The summed E-state index contributed by atoms with van der Waals surface area (Å²) in [5, 5.41) is 6.47. The molecule has 1 heterocycles. The second kappa shape index (κ2) is 8.45. The monoisotopic (exact) mass is 369 g/mol. The Labute approximate surface area is 156 Å². The molecule has 2 N–H and O–H groups in total. The average Bonchev–Trinajstić information content (AvgIpc) is 2.66. The number of carbonyl (C=O) groups is 1. The zero-order valence-corrected chi connectivity index (χ0v) is 14.6. The molecular formula is C20H17ClFN3O. The highest BCUT2D eigenvalue weighted by Gasteiger charge is 2.10. The van der Waals surface area contributed by atoms with Gasteiger partial charge in [-0.1, -0.05) is 35.9 Å². The molecule has 0 fully saturated rings. The number of aromatic nitrogens is 1. The van der Waals surface area contributed by atoms with Crippen LogP contribution in [0.5, 0.6) is 0 Å². The molecule has 0 unspecified atom stereocenters.